The standard InChI is InChI=1S/C20H36N4O.HI/c1-6-17(5)23-20(21-7-2)22-16-18-10-12-19(13-11-18)25-15-14-24(8-3)9-4;/h10-13,17H,6-9,14-16H2,1-5H3,(H2,21,22,23);1H. The highest BCUT2D eigenvalue weighted by atomic mass is 127. The second-order valence-electron chi connectivity index (χ2n) is 6.17. The van der Waals surface area contributed by atoms with E-state index in [4.69, 9.17) is 4.74 Å². The van der Waals surface area contributed by atoms with Crippen LogP contribution in [0.25, 0.3) is 0 Å². The van der Waals surface area contributed by atoms with Gasteiger partial charge >= 0.3 is 0 Å². The molecular formula is C20H37IN4O. The van der Waals surface area contributed by atoms with Gasteiger partial charge in [-0.15, -0.1) is 24.0 Å². The summed E-state index contributed by atoms with van der Waals surface area (Å²) in [4.78, 5) is 7.01. The molecule has 0 aliphatic carbocycles. The molecule has 0 saturated carbocycles. The lowest BCUT2D eigenvalue weighted by Gasteiger charge is -2.18. The largest absolute Gasteiger partial charge is 0.492 e. The molecule has 1 atom stereocenters. The van der Waals surface area contributed by atoms with Crippen molar-refractivity contribution in [2.45, 2.75) is 53.6 Å². The van der Waals surface area contributed by atoms with Crippen LogP contribution in [0.2, 0.25) is 0 Å². The Morgan fingerprint density at radius 1 is 1.12 bits per heavy atom. The lowest BCUT2D eigenvalue weighted by Crippen LogP contribution is -2.41. The molecule has 2 N–H and O–H groups in total. The smallest absolute Gasteiger partial charge is 0.191 e. The third kappa shape index (κ3) is 10.2. The quantitative estimate of drug-likeness (QED) is 0.289. The number of ether oxygens (including phenoxy) is 1. The van der Waals surface area contributed by atoms with Crippen LogP contribution >= 0.6 is 24.0 Å². The number of benzene rings is 1. The molecule has 0 spiro atoms. The summed E-state index contributed by atoms with van der Waals surface area (Å²) in [6, 6.07) is 8.65. The summed E-state index contributed by atoms with van der Waals surface area (Å²) in [5.74, 6) is 1.79. The summed E-state index contributed by atoms with van der Waals surface area (Å²) >= 11 is 0. The van der Waals surface area contributed by atoms with Crippen molar-refractivity contribution in [1.82, 2.24) is 15.5 Å². The second-order valence-corrected chi connectivity index (χ2v) is 6.17. The minimum absolute atomic E-state index is 0. The van der Waals surface area contributed by atoms with Crippen molar-refractivity contribution >= 4 is 29.9 Å². The molecule has 0 bridgehead atoms. The number of likely N-dealkylation sites (N-methyl/N-ethyl adjacent to an activating group) is 1. The average Bonchev–Trinajstić information content (AvgIpc) is 2.64. The first-order chi connectivity index (χ1) is 12.1. The number of rotatable bonds is 11. The Balaban J connectivity index is 0.00000625. The molecule has 0 heterocycles. The van der Waals surface area contributed by atoms with Crippen molar-refractivity contribution in [3.63, 3.8) is 0 Å². The van der Waals surface area contributed by atoms with Crippen LogP contribution in [-0.4, -0.2) is 49.7 Å². The monoisotopic (exact) mass is 476 g/mol. The maximum Gasteiger partial charge on any atom is 0.191 e. The van der Waals surface area contributed by atoms with Gasteiger partial charge in [0.2, 0.25) is 0 Å². The molecule has 0 aromatic heterocycles. The molecular weight excluding hydrogens is 439 g/mol. The number of nitrogens with one attached hydrogen (secondary N) is 2. The summed E-state index contributed by atoms with van der Waals surface area (Å²) < 4.78 is 5.82. The molecule has 26 heavy (non-hydrogen) atoms. The van der Waals surface area contributed by atoms with E-state index in [9.17, 15) is 0 Å². The Morgan fingerprint density at radius 3 is 2.31 bits per heavy atom. The van der Waals surface area contributed by atoms with Crippen LogP contribution < -0.4 is 15.4 Å². The topological polar surface area (TPSA) is 48.9 Å². The van der Waals surface area contributed by atoms with Gasteiger partial charge in [-0.1, -0.05) is 32.9 Å². The number of hydrogen-bond donors (Lipinski definition) is 2. The third-order valence-electron chi connectivity index (χ3n) is 4.25. The van der Waals surface area contributed by atoms with Crippen molar-refractivity contribution in [2.75, 3.05) is 32.8 Å². The van der Waals surface area contributed by atoms with Crippen LogP contribution in [0, 0.1) is 0 Å². The van der Waals surface area contributed by atoms with E-state index in [1.165, 1.54) is 5.56 Å². The number of nitrogens with zero attached hydrogens (tertiary/aromatic N) is 2. The Morgan fingerprint density at radius 2 is 1.77 bits per heavy atom. The molecule has 1 aromatic rings. The second kappa shape index (κ2) is 15.1. The molecule has 5 nitrogen and oxygen atoms in total. The average molecular weight is 476 g/mol. The predicted molar refractivity (Wildman–Crippen MR) is 123 cm³/mol. The minimum atomic E-state index is 0. The molecule has 0 saturated heterocycles. The highest BCUT2D eigenvalue weighted by Gasteiger charge is 2.03. The van der Waals surface area contributed by atoms with Gasteiger partial charge in [-0.2, -0.15) is 0 Å². The van der Waals surface area contributed by atoms with Gasteiger partial charge in [-0.05, 0) is 51.1 Å². The SMILES string of the molecule is CCNC(=NCc1ccc(OCCN(CC)CC)cc1)NC(C)CC.I. The molecule has 150 valence electrons. The molecule has 6 heteroatoms. The van der Waals surface area contributed by atoms with E-state index in [1.54, 1.807) is 0 Å². The van der Waals surface area contributed by atoms with Gasteiger partial charge in [0, 0.05) is 19.1 Å². The van der Waals surface area contributed by atoms with Gasteiger partial charge in [0.15, 0.2) is 5.96 Å². The van der Waals surface area contributed by atoms with E-state index in [-0.39, 0.29) is 24.0 Å². The maximum atomic E-state index is 5.82. The van der Waals surface area contributed by atoms with E-state index >= 15 is 0 Å². The lowest BCUT2D eigenvalue weighted by molar-refractivity contribution is 0.223. The van der Waals surface area contributed by atoms with E-state index < -0.39 is 0 Å². The molecule has 0 fully saturated rings. The molecule has 1 unspecified atom stereocenters. The Kier molecular flexibility index (Phi) is 14.5. The summed E-state index contributed by atoms with van der Waals surface area (Å²) in [5, 5.41) is 6.70. The van der Waals surface area contributed by atoms with Gasteiger partial charge < -0.3 is 20.3 Å². The molecule has 0 aliphatic rings. The third-order valence-corrected chi connectivity index (χ3v) is 4.25. The van der Waals surface area contributed by atoms with Crippen LogP contribution in [-0.2, 0) is 6.54 Å². The Labute approximate surface area is 177 Å². The summed E-state index contributed by atoms with van der Waals surface area (Å²) in [5.41, 5.74) is 1.18. The minimum Gasteiger partial charge on any atom is -0.492 e. The van der Waals surface area contributed by atoms with E-state index in [0.29, 0.717) is 12.6 Å². The first kappa shape index (κ1) is 25.0. The molecule has 0 aliphatic heterocycles. The van der Waals surface area contributed by atoms with Crippen molar-refractivity contribution in [3.8, 4) is 5.75 Å². The highest BCUT2D eigenvalue weighted by Crippen LogP contribution is 2.13. The Hall–Kier alpha value is -1.02. The summed E-state index contributed by atoms with van der Waals surface area (Å²) in [6.07, 6.45) is 1.07. The first-order valence-corrected chi connectivity index (χ1v) is 9.61. The zero-order chi connectivity index (χ0) is 18.5. The van der Waals surface area contributed by atoms with Crippen molar-refractivity contribution in [3.05, 3.63) is 29.8 Å². The van der Waals surface area contributed by atoms with E-state index in [2.05, 4.69) is 67.3 Å². The van der Waals surface area contributed by atoms with Crippen LogP contribution in [0.5, 0.6) is 5.75 Å². The normalized spacial score (nSPS) is 12.5. The van der Waals surface area contributed by atoms with E-state index in [0.717, 1.165) is 50.9 Å². The van der Waals surface area contributed by atoms with Crippen molar-refractivity contribution in [2.24, 2.45) is 4.99 Å². The zero-order valence-corrected chi connectivity index (χ0v) is 19.4. The van der Waals surface area contributed by atoms with Gasteiger partial charge in [0.1, 0.15) is 12.4 Å². The van der Waals surface area contributed by atoms with Gasteiger partial charge in [-0.3, -0.25) is 0 Å². The van der Waals surface area contributed by atoms with Gasteiger partial charge in [0.05, 0.1) is 6.54 Å². The van der Waals surface area contributed by atoms with Crippen LogP contribution in [0.3, 0.4) is 0 Å². The fourth-order valence-electron chi connectivity index (χ4n) is 2.35. The molecule has 0 amide bonds. The molecule has 0 radical (unpaired) electrons. The Bertz CT molecular complexity index is 489. The molecule has 1 rings (SSSR count). The fourth-order valence-corrected chi connectivity index (χ4v) is 2.35. The zero-order valence-electron chi connectivity index (χ0n) is 17.0. The van der Waals surface area contributed by atoms with Crippen molar-refractivity contribution < 1.29 is 4.74 Å². The summed E-state index contributed by atoms with van der Waals surface area (Å²) in [6.45, 7) is 16.1. The van der Waals surface area contributed by atoms with Crippen LogP contribution in [0.4, 0.5) is 0 Å². The lowest BCUT2D eigenvalue weighted by atomic mass is 10.2. The summed E-state index contributed by atoms with van der Waals surface area (Å²) in [7, 11) is 0. The number of guanidine groups is 1. The maximum absolute atomic E-state index is 5.82. The van der Waals surface area contributed by atoms with Gasteiger partial charge in [0.25, 0.3) is 0 Å². The van der Waals surface area contributed by atoms with Crippen molar-refractivity contribution in [1.29, 1.82) is 0 Å². The first-order valence-electron chi connectivity index (χ1n) is 9.61. The predicted octanol–water partition coefficient (Wildman–Crippen LogP) is 3.88. The number of halogens is 1. The molecule has 1 aromatic carbocycles. The fraction of sp³-hybridized carbons (Fsp3) is 0.650. The van der Waals surface area contributed by atoms with E-state index in [1.807, 2.05) is 12.1 Å². The van der Waals surface area contributed by atoms with Crippen LogP contribution in [0.1, 0.15) is 46.6 Å². The number of hydrogen-bond acceptors (Lipinski definition) is 3. The highest BCUT2D eigenvalue weighted by molar-refractivity contribution is 14.0. The number of aliphatic imine (C=N–C) groups is 1. The van der Waals surface area contributed by atoms with Gasteiger partial charge in [-0.25, -0.2) is 4.99 Å². The van der Waals surface area contributed by atoms with Crippen LogP contribution in [0.15, 0.2) is 29.3 Å².